The standard InChI is InChI=1S/C25H31ClN2O4/c1-5-32-25(31)23-16(2)22(17(3)27(23)4)21(29)15-28(20-9-7-6-8-10-20)24(30)18-11-13-19(26)14-12-18/h11-14,20H,5-10,15H2,1-4H3. The molecule has 1 aliphatic carbocycles. The molecule has 0 N–H and O–H groups in total. The molecule has 3 rings (SSSR count). The summed E-state index contributed by atoms with van der Waals surface area (Å²) in [5, 5.41) is 0.559. The minimum absolute atomic E-state index is 0.0183. The van der Waals surface area contributed by atoms with E-state index in [4.69, 9.17) is 16.3 Å². The summed E-state index contributed by atoms with van der Waals surface area (Å²) >= 11 is 5.99. The van der Waals surface area contributed by atoms with Crippen LogP contribution in [0.2, 0.25) is 5.02 Å². The van der Waals surface area contributed by atoms with Crippen LogP contribution in [0, 0.1) is 13.8 Å². The lowest BCUT2D eigenvalue weighted by molar-refractivity contribution is 0.0513. The van der Waals surface area contributed by atoms with Crippen molar-refractivity contribution in [2.75, 3.05) is 13.2 Å². The van der Waals surface area contributed by atoms with Gasteiger partial charge in [-0.3, -0.25) is 9.59 Å². The van der Waals surface area contributed by atoms with Crippen molar-refractivity contribution in [2.45, 2.75) is 58.9 Å². The van der Waals surface area contributed by atoms with E-state index in [-0.39, 0.29) is 30.9 Å². The number of benzene rings is 1. The third-order valence-corrected chi connectivity index (χ3v) is 6.61. The van der Waals surface area contributed by atoms with E-state index < -0.39 is 5.97 Å². The smallest absolute Gasteiger partial charge is 0.355 e. The van der Waals surface area contributed by atoms with Gasteiger partial charge in [0.25, 0.3) is 5.91 Å². The zero-order valence-corrected chi connectivity index (χ0v) is 20.0. The summed E-state index contributed by atoms with van der Waals surface area (Å²) in [7, 11) is 1.75. The van der Waals surface area contributed by atoms with Gasteiger partial charge in [-0.25, -0.2) is 4.79 Å². The predicted molar refractivity (Wildman–Crippen MR) is 125 cm³/mol. The number of rotatable bonds is 7. The number of nitrogens with zero attached hydrogens (tertiary/aromatic N) is 2. The van der Waals surface area contributed by atoms with E-state index in [0.717, 1.165) is 32.1 Å². The van der Waals surface area contributed by atoms with Crippen LogP contribution >= 0.6 is 11.6 Å². The molecule has 1 fully saturated rings. The first kappa shape index (κ1) is 24.1. The van der Waals surface area contributed by atoms with Gasteiger partial charge in [-0.1, -0.05) is 30.9 Å². The first-order chi connectivity index (χ1) is 15.3. The maximum atomic E-state index is 13.5. The third kappa shape index (κ3) is 4.90. The molecule has 0 spiro atoms. The van der Waals surface area contributed by atoms with Crippen LogP contribution in [0.4, 0.5) is 0 Å². The molecule has 1 aliphatic rings. The topological polar surface area (TPSA) is 68.6 Å². The Bertz CT molecular complexity index is 1000. The lowest BCUT2D eigenvalue weighted by Gasteiger charge is -2.34. The largest absolute Gasteiger partial charge is 0.461 e. The number of hydrogen-bond acceptors (Lipinski definition) is 4. The van der Waals surface area contributed by atoms with Crippen LogP contribution < -0.4 is 0 Å². The van der Waals surface area contributed by atoms with Crippen molar-refractivity contribution in [1.29, 1.82) is 0 Å². The monoisotopic (exact) mass is 458 g/mol. The average molecular weight is 459 g/mol. The molecule has 1 aromatic carbocycles. The van der Waals surface area contributed by atoms with E-state index in [9.17, 15) is 14.4 Å². The maximum Gasteiger partial charge on any atom is 0.355 e. The number of carbonyl (C=O) groups excluding carboxylic acids is 3. The third-order valence-electron chi connectivity index (χ3n) is 6.36. The van der Waals surface area contributed by atoms with Gasteiger partial charge in [-0.15, -0.1) is 0 Å². The zero-order chi connectivity index (χ0) is 23.4. The highest BCUT2D eigenvalue weighted by molar-refractivity contribution is 6.30. The van der Waals surface area contributed by atoms with Crippen molar-refractivity contribution in [3.05, 3.63) is 57.4 Å². The number of hydrogen-bond donors (Lipinski definition) is 0. The van der Waals surface area contributed by atoms with Gasteiger partial charge in [0.2, 0.25) is 0 Å². The van der Waals surface area contributed by atoms with E-state index >= 15 is 0 Å². The van der Waals surface area contributed by atoms with Gasteiger partial charge in [-0.05, 0) is 63.4 Å². The minimum atomic E-state index is -0.448. The molecule has 32 heavy (non-hydrogen) atoms. The number of halogens is 1. The van der Waals surface area contributed by atoms with Crippen molar-refractivity contribution in [2.24, 2.45) is 7.05 Å². The molecular formula is C25H31ClN2O4. The Kier molecular flexibility index (Phi) is 7.77. The summed E-state index contributed by atoms with van der Waals surface area (Å²) < 4.78 is 6.87. The fourth-order valence-electron chi connectivity index (χ4n) is 4.63. The Balaban J connectivity index is 1.93. The second-order valence-corrected chi connectivity index (χ2v) is 8.80. The summed E-state index contributed by atoms with van der Waals surface area (Å²) in [5.74, 6) is -0.783. The lowest BCUT2D eigenvalue weighted by Crippen LogP contribution is -2.44. The second-order valence-electron chi connectivity index (χ2n) is 8.37. The number of ether oxygens (including phenoxy) is 1. The highest BCUT2D eigenvalue weighted by Crippen LogP contribution is 2.27. The predicted octanol–water partition coefficient (Wildman–Crippen LogP) is 5.13. The molecule has 1 saturated carbocycles. The van der Waals surface area contributed by atoms with Crippen LogP contribution in [0.15, 0.2) is 24.3 Å². The Labute approximate surface area is 194 Å². The van der Waals surface area contributed by atoms with Crippen molar-refractivity contribution in [3.63, 3.8) is 0 Å². The highest BCUT2D eigenvalue weighted by Gasteiger charge is 2.31. The maximum absolute atomic E-state index is 13.5. The van der Waals surface area contributed by atoms with Crippen molar-refractivity contribution >= 4 is 29.3 Å². The van der Waals surface area contributed by atoms with Crippen LogP contribution in [0.1, 0.15) is 81.5 Å². The van der Waals surface area contributed by atoms with Gasteiger partial charge >= 0.3 is 5.97 Å². The number of carbonyl (C=O) groups is 3. The first-order valence-corrected chi connectivity index (χ1v) is 11.6. The fraction of sp³-hybridized carbons (Fsp3) is 0.480. The summed E-state index contributed by atoms with van der Waals surface area (Å²) in [6.45, 7) is 5.56. The normalized spacial score (nSPS) is 14.3. The Morgan fingerprint density at radius 3 is 2.31 bits per heavy atom. The number of esters is 1. The molecule has 2 aromatic rings. The Morgan fingerprint density at radius 1 is 1.09 bits per heavy atom. The molecule has 1 heterocycles. The summed E-state index contributed by atoms with van der Waals surface area (Å²) in [4.78, 5) is 41.0. The molecule has 0 unspecified atom stereocenters. The number of aromatic nitrogens is 1. The Hall–Kier alpha value is -2.60. The van der Waals surface area contributed by atoms with E-state index in [1.807, 2.05) is 6.92 Å². The quantitative estimate of drug-likeness (QED) is 0.426. The molecule has 6 nitrogen and oxygen atoms in total. The van der Waals surface area contributed by atoms with Gasteiger partial charge in [0, 0.05) is 34.9 Å². The molecule has 1 amide bonds. The first-order valence-electron chi connectivity index (χ1n) is 11.2. The molecule has 0 atom stereocenters. The molecule has 0 aliphatic heterocycles. The van der Waals surface area contributed by atoms with Gasteiger partial charge in [0.15, 0.2) is 5.78 Å². The number of amides is 1. The molecule has 7 heteroatoms. The number of ketones is 1. The molecule has 0 bridgehead atoms. The van der Waals surface area contributed by atoms with Crippen LogP contribution in [-0.2, 0) is 11.8 Å². The van der Waals surface area contributed by atoms with Crippen LogP contribution in [0.3, 0.4) is 0 Å². The van der Waals surface area contributed by atoms with Crippen LogP contribution in [0.5, 0.6) is 0 Å². The van der Waals surface area contributed by atoms with Crippen molar-refractivity contribution in [1.82, 2.24) is 9.47 Å². The zero-order valence-electron chi connectivity index (χ0n) is 19.2. The molecule has 1 aromatic heterocycles. The van der Waals surface area contributed by atoms with Crippen LogP contribution in [0.25, 0.3) is 0 Å². The lowest BCUT2D eigenvalue weighted by atomic mass is 9.93. The summed E-state index contributed by atoms with van der Waals surface area (Å²) in [5.41, 5.74) is 2.66. The van der Waals surface area contributed by atoms with Gasteiger partial charge in [0.05, 0.1) is 13.2 Å². The van der Waals surface area contributed by atoms with Crippen molar-refractivity contribution < 1.29 is 19.1 Å². The molecule has 0 saturated heterocycles. The highest BCUT2D eigenvalue weighted by atomic mass is 35.5. The average Bonchev–Trinajstić information content (AvgIpc) is 3.01. The van der Waals surface area contributed by atoms with E-state index in [1.54, 1.807) is 54.6 Å². The van der Waals surface area contributed by atoms with Gasteiger partial charge < -0.3 is 14.2 Å². The molecular weight excluding hydrogens is 428 g/mol. The second kappa shape index (κ2) is 10.3. The summed E-state index contributed by atoms with van der Waals surface area (Å²) in [6.07, 6.45) is 4.99. The fourth-order valence-corrected chi connectivity index (χ4v) is 4.75. The SMILES string of the molecule is CCOC(=O)c1c(C)c(C(=O)CN(C(=O)c2ccc(Cl)cc2)C2CCCCC2)c(C)n1C. The van der Waals surface area contributed by atoms with Crippen LogP contribution in [-0.4, -0.2) is 46.3 Å². The van der Waals surface area contributed by atoms with E-state index in [1.165, 1.54) is 0 Å². The molecule has 172 valence electrons. The minimum Gasteiger partial charge on any atom is -0.461 e. The van der Waals surface area contributed by atoms with Gasteiger partial charge in [0.1, 0.15) is 5.69 Å². The number of Topliss-reactive ketones (excluding diaryl/α,β-unsaturated/α-hetero) is 1. The summed E-state index contributed by atoms with van der Waals surface area (Å²) in [6, 6.07) is 6.79. The van der Waals surface area contributed by atoms with E-state index in [2.05, 4.69) is 0 Å². The van der Waals surface area contributed by atoms with Crippen molar-refractivity contribution in [3.8, 4) is 0 Å². The van der Waals surface area contributed by atoms with Gasteiger partial charge in [-0.2, -0.15) is 0 Å². The van der Waals surface area contributed by atoms with E-state index in [0.29, 0.717) is 33.1 Å². The molecule has 0 radical (unpaired) electrons. The Morgan fingerprint density at radius 2 is 1.72 bits per heavy atom.